The highest BCUT2D eigenvalue weighted by Crippen LogP contribution is 2.60. The van der Waals surface area contributed by atoms with Crippen molar-refractivity contribution in [3.05, 3.63) is 33.9 Å². The van der Waals surface area contributed by atoms with Crippen LogP contribution in [0.15, 0.2) is 18.2 Å². The van der Waals surface area contributed by atoms with Gasteiger partial charge in [-0.3, -0.25) is 25.8 Å². The molecule has 5 rings (SSSR count). The highest BCUT2D eigenvalue weighted by atomic mass is 19.4. The van der Waals surface area contributed by atoms with Gasteiger partial charge in [-0.15, -0.1) is 0 Å². The van der Waals surface area contributed by atoms with E-state index in [1.54, 1.807) is 0 Å². The summed E-state index contributed by atoms with van der Waals surface area (Å²) in [4.78, 5) is 23.1. The van der Waals surface area contributed by atoms with Crippen LogP contribution >= 0.6 is 0 Å². The van der Waals surface area contributed by atoms with Crippen molar-refractivity contribution in [2.75, 3.05) is 5.43 Å². The second kappa shape index (κ2) is 6.10. The van der Waals surface area contributed by atoms with E-state index in [2.05, 4.69) is 10.9 Å². The largest absolute Gasteiger partial charge is 0.416 e. The predicted octanol–water partition coefficient (Wildman–Crippen LogP) is 4.27. The molecule has 0 spiro atoms. The van der Waals surface area contributed by atoms with Gasteiger partial charge in [-0.1, -0.05) is 0 Å². The smallest absolute Gasteiger partial charge is 0.292 e. The summed E-state index contributed by atoms with van der Waals surface area (Å²) in [6.45, 7) is 0. The van der Waals surface area contributed by atoms with Gasteiger partial charge in [-0.05, 0) is 68.4 Å². The Balaban J connectivity index is 1.50. The maximum atomic E-state index is 12.9. The number of rotatable bonds is 4. The van der Waals surface area contributed by atoms with Gasteiger partial charge in [-0.2, -0.15) is 13.2 Å². The van der Waals surface area contributed by atoms with Crippen molar-refractivity contribution in [3.63, 3.8) is 0 Å². The van der Waals surface area contributed by atoms with Gasteiger partial charge in [0.2, 0.25) is 5.91 Å². The zero-order valence-corrected chi connectivity index (χ0v) is 14.5. The van der Waals surface area contributed by atoms with Crippen molar-refractivity contribution in [2.45, 2.75) is 44.7 Å². The summed E-state index contributed by atoms with van der Waals surface area (Å²) in [5.74, 6) is 1.46. The number of hydrogen-bond acceptors (Lipinski definition) is 4. The van der Waals surface area contributed by atoms with E-state index in [-0.39, 0.29) is 11.6 Å². The number of nitrogens with one attached hydrogen (secondary N) is 2. The molecule has 27 heavy (non-hydrogen) atoms. The van der Waals surface area contributed by atoms with Crippen molar-refractivity contribution in [1.29, 1.82) is 0 Å². The molecule has 1 aromatic rings. The Labute approximate surface area is 153 Å². The summed E-state index contributed by atoms with van der Waals surface area (Å²) in [7, 11) is 0. The molecule has 4 aliphatic carbocycles. The standard InChI is InChI=1S/C18H20F3N3O3/c19-18(20,21)13-1-2-14(15(6-13)24(26)27)22-23-16(25)17-7-10-3-11(8-17)5-12(4-10)9-17/h1-2,6,10-12,22H,3-5,7-9H2,(H,23,25). The molecule has 0 heterocycles. The minimum Gasteiger partial charge on any atom is -0.292 e. The number of hydrazine groups is 1. The normalized spacial score (nSPS) is 31.6. The number of carbonyl (C=O) groups is 1. The lowest BCUT2D eigenvalue weighted by atomic mass is 9.49. The first-order valence-electron chi connectivity index (χ1n) is 9.08. The van der Waals surface area contributed by atoms with Gasteiger partial charge in [0.1, 0.15) is 5.69 Å². The maximum Gasteiger partial charge on any atom is 0.416 e. The number of alkyl halides is 3. The number of amides is 1. The molecule has 4 saturated carbocycles. The van der Waals surface area contributed by atoms with Crippen LogP contribution in [0.25, 0.3) is 0 Å². The number of hydrogen-bond donors (Lipinski definition) is 2. The summed E-state index contributed by atoms with van der Waals surface area (Å²) >= 11 is 0. The van der Waals surface area contributed by atoms with Crippen LogP contribution in [0.1, 0.15) is 44.1 Å². The van der Waals surface area contributed by atoms with E-state index in [1.165, 1.54) is 19.3 Å². The van der Waals surface area contributed by atoms with E-state index in [9.17, 15) is 28.1 Å². The van der Waals surface area contributed by atoms with E-state index >= 15 is 0 Å². The van der Waals surface area contributed by atoms with E-state index in [0.717, 1.165) is 31.4 Å². The molecule has 2 N–H and O–H groups in total. The molecule has 9 heteroatoms. The Morgan fingerprint density at radius 3 is 2.15 bits per heavy atom. The van der Waals surface area contributed by atoms with Gasteiger partial charge in [0.25, 0.3) is 5.69 Å². The third-order valence-electron chi connectivity index (χ3n) is 6.35. The fourth-order valence-electron chi connectivity index (χ4n) is 5.61. The number of halogens is 3. The zero-order chi connectivity index (χ0) is 19.4. The summed E-state index contributed by atoms with van der Waals surface area (Å²) in [6.07, 6.45) is 1.30. The molecule has 4 aliphatic rings. The highest BCUT2D eigenvalue weighted by molar-refractivity contribution is 5.84. The van der Waals surface area contributed by atoms with Crippen LogP contribution in [0, 0.1) is 33.3 Å². The number of anilines is 1. The van der Waals surface area contributed by atoms with Gasteiger partial charge in [0.15, 0.2) is 0 Å². The summed E-state index contributed by atoms with van der Waals surface area (Å²) in [5.41, 5.74) is 2.58. The SMILES string of the molecule is O=C(NNc1ccc(C(F)(F)F)cc1[N+](=O)[O-])C12CC3CC(CC(C3)C1)C2. The minimum absolute atomic E-state index is 0.161. The molecule has 1 aromatic carbocycles. The molecule has 0 aromatic heterocycles. The molecule has 0 atom stereocenters. The summed E-state index contributed by atoms with van der Waals surface area (Å²) < 4.78 is 38.4. The lowest BCUT2D eigenvalue weighted by Crippen LogP contribution is -2.54. The zero-order valence-electron chi connectivity index (χ0n) is 14.5. The Morgan fingerprint density at radius 2 is 1.67 bits per heavy atom. The molecule has 0 radical (unpaired) electrons. The van der Waals surface area contributed by atoms with E-state index in [4.69, 9.17) is 0 Å². The number of benzene rings is 1. The van der Waals surface area contributed by atoms with Crippen molar-refractivity contribution < 1.29 is 22.9 Å². The average molecular weight is 383 g/mol. The third kappa shape index (κ3) is 3.23. The van der Waals surface area contributed by atoms with Crippen LogP contribution in [0.2, 0.25) is 0 Å². The molecular weight excluding hydrogens is 363 g/mol. The quantitative estimate of drug-likeness (QED) is 0.601. The molecule has 6 nitrogen and oxygen atoms in total. The van der Waals surface area contributed by atoms with E-state index < -0.39 is 27.8 Å². The predicted molar refractivity (Wildman–Crippen MR) is 90.5 cm³/mol. The van der Waals surface area contributed by atoms with Crippen LogP contribution in [-0.4, -0.2) is 10.8 Å². The number of carbonyl (C=O) groups excluding carboxylic acids is 1. The second-order valence-corrected chi connectivity index (χ2v) is 8.26. The second-order valence-electron chi connectivity index (χ2n) is 8.26. The van der Waals surface area contributed by atoms with E-state index in [0.29, 0.717) is 23.8 Å². The number of nitrogens with zero attached hydrogens (tertiary/aromatic N) is 1. The molecule has 146 valence electrons. The van der Waals surface area contributed by atoms with Crippen LogP contribution < -0.4 is 10.9 Å². The Bertz CT molecular complexity index is 759. The molecular formula is C18H20F3N3O3. The molecule has 0 aliphatic heterocycles. The summed E-state index contributed by atoms with van der Waals surface area (Å²) in [5, 5.41) is 11.2. The van der Waals surface area contributed by atoms with Crippen LogP contribution in [0.3, 0.4) is 0 Å². The first kappa shape index (κ1) is 18.1. The molecule has 1 amide bonds. The fraction of sp³-hybridized carbons (Fsp3) is 0.611. The highest BCUT2D eigenvalue weighted by Gasteiger charge is 2.54. The molecule has 4 bridgehead atoms. The van der Waals surface area contributed by atoms with Crippen LogP contribution in [0.4, 0.5) is 24.5 Å². The van der Waals surface area contributed by atoms with Crippen molar-refractivity contribution >= 4 is 17.3 Å². The average Bonchev–Trinajstić information content (AvgIpc) is 2.57. The Hall–Kier alpha value is -2.32. The van der Waals surface area contributed by atoms with Gasteiger partial charge >= 0.3 is 6.18 Å². The lowest BCUT2D eigenvalue weighted by molar-refractivity contribution is -0.384. The van der Waals surface area contributed by atoms with Crippen molar-refractivity contribution in [1.82, 2.24) is 5.43 Å². The monoisotopic (exact) mass is 383 g/mol. The first-order valence-corrected chi connectivity index (χ1v) is 9.08. The Kier molecular flexibility index (Phi) is 4.08. The third-order valence-corrected chi connectivity index (χ3v) is 6.35. The fourth-order valence-corrected chi connectivity index (χ4v) is 5.61. The Morgan fingerprint density at radius 1 is 1.11 bits per heavy atom. The van der Waals surface area contributed by atoms with Crippen LogP contribution in [0.5, 0.6) is 0 Å². The summed E-state index contributed by atoms with van der Waals surface area (Å²) in [6, 6.07) is 2.20. The topological polar surface area (TPSA) is 84.3 Å². The van der Waals surface area contributed by atoms with Gasteiger partial charge in [0, 0.05) is 6.07 Å². The lowest BCUT2D eigenvalue weighted by Gasteiger charge is -2.55. The van der Waals surface area contributed by atoms with Gasteiger partial charge in [0.05, 0.1) is 15.9 Å². The van der Waals surface area contributed by atoms with Crippen molar-refractivity contribution in [3.8, 4) is 0 Å². The molecule has 0 unspecified atom stereocenters. The number of nitro benzene ring substituents is 1. The number of nitro groups is 1. The minimum atomic E-state index is -4.67. The van der Waals surface area contributed by atoms with Gasteiger partial charge < -0.3 is 0 Å². The first-order chi connectivity index (χ1) is 12.7. The molecule has 4 fully saturated rings. The van der Waals surface area contributed by atoms with Crippen molar-refractivity contribution in [2.24, 2.45) is 23.2 Å². The van der Waals surface area contributed by atoms with Gasteiger partial charge in [-0.25, -0.2) is 0 Å². The molecule has 0 saturated heterocycles. The van der Waals surface area contributed by atoms with Crippen LogP contribution in [-0.2, 0) is 11.0 Å². The van der Waals surface area contributed by atoms with E-state index in [1.807, 2.05) is 0 Å². The maximum absolute atomic E-state index is 12.9.